The van der Waals surface area contributed by atoms with E-state index in [1.165, 1.54) is 0 Å². The number of benzene rings is 6. The molecule has 0 atom stereocenters. The third-order valence-electron chi connectivity index (χ3n) is 10.6. The van der Waals surface area contributed by atoms with Crippen LogP contribution in [0.2, 0.25) is 0 Å². The van der Waals surface area contributed by atoms with Crippen LogP contribution in [0.5, 0.6) is 23.0 Å². The fourth-order valence-corrected chi connectivity index (χ4v) is 7.92. The van der Waals surface area contributed by atoms with Gasteiger partial charge in [-0.05, 0) is 105 Å². The zero-order chi connectivity index (χ0) is 34.4. The van der Waals surface area contributed by atoms with E-state index in [1.807, 2.05) is 48.5 Å². The molecular formula is C44H46O4. The van der Waals surface area contributed by atoms with Gasteiger partial charge in [0.15, 0.2) is 0 Å². The van der Waals surface area contributed by atoms with E-state index in [4.69, 9.17) is 0 Å². The van der Waals surface area contributed by atoms with Gasteiger partial charge in [-0.1, -0.05) is 114 Å². The number of hydrogen-bond donors (Lipinski definition) is 4. The summed E-state index contributed by atoms with van der Waals surface area (Å²) in [7, 11) is 0. The highest BCUT2D eigenvalue weighted by Gasteiger charge is 2.40. The monoisotopic (exact) mass is 638 g/mol. The molecule has 0 saturated carbocycles. The Labute approximate surface area is 284 Å². The van der Waals surface area contributed by atoms with Crippen LogP contribution in [0.3, 0.4) is 0 Å². The molecule has 0 aromatic heterocycles. The normalized spacial score (nSPS) is 12.4. The van der Waals surface area contributed by atoms with Gasteiger partial charge in [0.2, 0.25) is 0 Å². The van der Waals surface area contributed by atoms with Gasteiger partial charge in [-0.25, -0.2) is 0 Å². The summed E-state index contributed by atoms with van der Waals surface area (Å²) in [4.78, 5) is 0. The van der Waals surface area contributed by atoms with Crippen LogP contribution in [0.25, 0.3) is 21.5 Å². The highest BCUT2D eigenvalue weighted by molar-refractivity contribution is 5.95. The lowest BCUT2D eigenvalue weighted by Gasteiger charge is -2.41. The van der Waals surface area contributed by atoms with Gasteiger partial charge in [0, 0.05) is 21.6 Å². The molecule has 6 rings (SSSR count). The minimum atomic E-state index is -0.564. The minimum Gasteiger partial charge on any atom is -0.508 e. The van der Waals surface area contributed by atoms with Crippen molar-refractivity contribution in [1.29, 1.82) is 0 Å². The molecule has 48 heavy (non-hydrogen) atoms. The van der Waals surface area contributed by atoms with Gasteiger partial charge in [-0.2, -0.15) is 0 Å². The van der Waals surface area contributed by atoms with Crippen molar-refractivity contribution in [3.05, 3.63) is 143 Å². The molecule has 0 spiro atoms. The fourth-order valence-electron chi connectivity index (χ4n) is 7.92. The Kier molecular flexibility index (Phi) is 8.63. The quantitative estimate of drug-likeness (QED) is 0.127. The van der Waals surface area contributed by atoms with Crippen molar-refractivity contribution in [2.45, 2.75) is 77.0 Å². The van der Waals surface area contributed by atoms with Crippen molar-refractivity contribution >= 4 is 21.5 Å². The molecule has 0 aliphatic heterocycles. The summed E-state index contributed by atoms with van der Waals surface area (Å²) in [6, 6.07) is 35.2. The second-order valence-electron chi connectivity index (χ2n) is 14.4. The molecule has 6 aromatic rings. The maximum absolute atomic E-state index is 10.9. The lowest BCUT2D eigenvalue weighted by Crippen LogP contribution is -2.32. The highest BCUT2D eigenvalue weighted by Crippen LogP contribution is 2.51. The van der Waals surface area contributed by atoms with Crippen LogP contribution < -0.4 is 0 Å². The van der Waals surface area contributed by atoms with Crippen molar-refractivity contribution in [2.75, 3.05) is 0 Å². The average molecular weight is 639 g/mol. The highest BCUT2D eigenvalue weighted by atomic mass is 16.3. The molecule has 4 N–H and O–H groups in total. The molecule has 0 fully saturated rings. The van der Waals surface area contributed by atoms with E-state index in [2.05, 4.69) is 77.9 Å². The van der Waals surface area contributed by atoms with Gasteiger partial charge in [0.25, 0.3) is 0 Å². The molecule has 6 aromatic carbocycles. The van der Waals surface area contributed by atoms with Gasteiger partial charge >= 0.3 is 0 Å². The van der Waals surface area contributed by atoms with E-state index < -0.39 is 10.8 Å². The molecular weight excluding hydrogens is 592 g/mol. The molecule has 0 aliphatic carbocycles. The predicted octanol–water partition coefficient (Wildman–Crippen LogP) is 11.2. The molecule has 0 saturated heterocycles. The molecule has 0 radical (unpaired) electrons. The maximum Gasteiger partial charge on any atom is 0.123 e. The van der Waals surface area contributed by atoms with Crippen molar-refractivity contribution in [2.24, 2.45) is 0 Å². The van der Waals surface area contributed by atoms with Crippen molar-refractivity contribution in [3.8, 4) is 23.0 Å². The SMILES string of the molecule is CC(C)c1cc(O)ccc1C(C)(CCC(C)(c1ccc(O)c2ccccc12)c1ccc(O)c2ccccc12)c1ccc(O)cc1C(C)C. The van der Waals surface area contributed by atoms with E-state index in [-0.39, 0.29) is 34.8 Å². The Hall–Kier alpha value is -4.96. The predicted molar refractivity (Wildman–Crippen MR) is 198 cm³/mol. The smallest absolute Gasteiger partial charge is 0.123 e. The molecule has 0 aliphatic rings. The number of rotatable bonds is 9. The van der Waals surface area contributed by atoms with Crippen molar-refractivity contribution < 1.29 is 20.4 Å². The Balaban J connectivity index is 1.64. The van der Waals surface area contributed by atoms with Crippen molar-refractivity contribution in [3.63, 3.8) is 0 Å². The number of aromatic hydroxyl groups is 4. The molecule has 246 valence electrons. The van der Waals surface area contributed by atoms with Crippen LogP contribution in [0, 0.1) is 0 Å². The summed E-state index contributed by atoms with van der Waals surface area (Å²) in [6.07, 6.45) is 1.44. The maximum atomic E-state index is 10.9. The lowest BCUT2D eigenvalue weighted by atomic mass is 9.63. The molecule has 0 unspecified atom stereocenters. The minimum absolute atomic E-state index is 0.166. The van der Waals surface area contributed by atoms with Gasteiger partial charge in [0.05, 0.1) is 0 Å². The summed E-state index contributed by atoms with van der Waals surface area (Å²) < 4.78 is 0. The lowest BCUT2D eigenvalue weighted by molar-refractivity contribution is 0.408. The summed E-state index contributed by atoms with van der Waals surface area (Å²) in [5.41, 5.74) is 5.59. The van der Waals surface area contributed by atoms with Crippen LogP contribution in [-0.2, 0) is 10.8 Å². The largest absolute Gasteiger partial charge is 0.508 e. The summed E-state index contributed by atoms with van der Waals surface area (Å²) >= 11 is 0. The van der Waals surface area contributed by atoms with Crippen LogP contribution in [0.1, 0.15) is 99.6 Å². The number of phenolic OH excluding ortho intramolecular Hbond substituents is 4. The Morgan fingerprint density at radius 1 is 0.438 bits per heavy atom. The third kappa shape index (κ3) is 5.64. The first-order chi connectivity index (χ1) is 22.8. The van der Waals surface area contributed by atoms with Gasteiger partial charge in [-0.3, -0.25) is 0 Å². The third-order valence-corrected chi connectivity index (χ3v) is 10.6. The zero-order valence-electron chi connectivity index (χ0n) is 28.8. The first-order valence-corrected chi connectivity index (χ1v) is 16.9. The second kappa shape index (κ2) is 12.6. The van der Waals surface area contributed by atoms with Crippen LogP contribution in [-0.4, -0.2) is 20.4 Å². The number of fused-ring (bicyclic) bond motifs is 2. The van der Waals surface area contributed by atoms with E-state index in [0.717, 1.165) is 61.3 Å². The average Bonchev–Trinajstić information content (AvgIpc) is 3.07. The first-order valence-electron chi connectivity index (χ1n) is 16.9. The molecule has 0 heterocycles. The van der Waals surface area contributed by atoms with Crippen LogP contribution in [0.4, 0.5) is 0 Å². The molecule has 0 bridgehead atoms. The zero-order valence-corrected chi connectivity index (χ0v) is 28.8. The first kappa shape index (κ1) is 33.0. The van der Waals surface area contributed by atoms with Gasteiger partial charge < -0.3 is 20.4 Å². The van der Waals surface area contributed by atoms with E-state index >= 15 is 0 Å². The van der Waals surface area contributed by atoms with Crippen molar-refractivity contribution in [1.82, 2.24) is 0 Å². The molecule has 0 amide bonds. The fraction of sp³-hybridized carbons (Fsp3) is 0.273. The van der Waals surface area contributed by atoms with Crippen LogP contribution >= 0.6 is 0 Å². The summed E-state index contributed by atoms with van der Waals surface area (Å²) in [5.74, 6) is 1.31. The number of phenols is 4. The Morgan fingerprint density at radius 3 is 1.15 bits per heavy atom. The Morgan fingerprint density at radius 2 is 0.771 bits per heavy atom. The topological polar surface area (TPSA) is 80.9 Å². The summed E-state index contributed by atoms with van der Waals surface area (Å²) in [5, 5.41) is 46.7. The van der Waals surface area contributed by atoms with E-state index in [1.54, 1.807) is 24.3 Å². The van der Waals surface area contributed by atoms with E-state index in [0.29, 0.717) is 6.42 Å². The Bertz CT molecular complexity index is 1980. The van der Waals surface area contributed by atoms with Crippen LogP contribution in [0.15, 0.2) is 109 Å². The van der Waals surface area contributed by atoms with Gasteiger partial charge in [-0.15, -0.1) is 0 Å². The molecule has 4 heteroatoms. The number of hydrogen-bond acceptors (Lipinski definition) is 4. The van der Waals surface area contributed by atoms with E-state index in [9.17, 15) is 20.4 Å². The second-order valence-corrected chi connectivity index (χ2v) is 14.4. The standard InChI is InChI=1S/C44H46O4/c1-27(2)35-25-29(45)15-17-39(35)44(6,40-18-16-30(46)26-36(40)28(3)4)24-23-43(5,37-19-21-41(47)33-13-9-7-11-31(33)37)38-20-22-42(48)34-14-10-8-12-32(34)38/h7-22,25-28,45-48H,23-24H2,1-6H3. The molecule has 4 nitrogen and oxygen atoms in total. The summed E-state index contributed by atoms with van der Waals surface area (Å²) in [6.45, 7) is 13.2. The van der Waals surface area contributed by atoms with Gasteiger partial charge in [0.1, 0.15) is 23.0 Å².